The summed E-state index contributed by atoms with van der Waals surface area (Å²) < 4.78 is 5.58. The Morgan fingerprint density at radius 3 is 2.56 bits per heavy atom. The lowest BCUT2D eigenvalue weighted by Gasteiger charge is -2.34. The number of carboxylic acid groups (broad SMARTS) is 1. The highest BCUT2D eigenvalue weighted by atomic mass is 16.5. The summed E-state index contributed by atoms with van der Waals surface area (Å²) in [4.78, 5) is 25.3. The van der Waals surface area contributed by atoms with Crippen LogP contribution in [-0.2, 0) is 20.7 Å². The number of ketones is 1. The van der Waals surface area contributed by atoms with Crippen molar-refractivity contribution in [1.82, 2.24) is 10.6 Å². The highest BCUT2D eigenvalue weighted by Crippen LogP contribution is 2.26. The molecule has 2 rings (SSSR count). The van der Waals surface area contributed by atoms with Crippen molar-refractivity contribution in [3.8, 4) is 0 Å². The van der Waals surface area contributed by atoms with Crippen LogP contribution < -0.4 is 10.6 Å². The molecule has 0 spiro atoms. The third-order valence-electron chi connectivity index (χ3n) is 5.20. The minimum atomic E-state index is -1.67. The Hall–Kier alpha value is -1.76. The van der Waals surface area contributed by atoms with Crippen LogP contribution in [0.25, 0.3) is 0 Å². The number of benzene rings is 1. The number of nitrogens with one attached hydrogen (secondary N) is 2. The molecule has 1 saturated heterocycles. The van der Waals surface area contributed by atoms with Crippen molar-refractivity contribution in [2.24, 2.45) is 5.92 Å². The lowest BCUT2D eigenvalue weighted by atomic mass is 9.78. The quantitative estimate of drug-likeness (QED) is 0.582. The van der Waals surface area contributed by atoms with Crippen LogP contribution in [0.3, 0.4) is 0 Å². The Kier molecular flexibility index (Phi) is 6.70. The van der Waals surface area contributed by atoms with Gasteiger partial charge in [-0.25, -0.2) is 4.79 Å². The molecule has 1 aliphatic rings. The molecule has 0 radical (unpaired) electrons. The van der Waals surface area contributed by atoms with E-state index in [0.29, 0.717) is 0 Å². The Morgan fingerprint density at radius 2 is 2.08 bits per heavy atom. The Bertz CT molecular complexity index is 586. The van der Waals surface area contributed by atoms with Crippen molar-refractivity contribution >= 4 is 11.8 Å². The van der Waals surface area contributed by atoms with Crippen LogP contribution in [0.4, 0.5) is 0 Å². The third kappa shape index (κ3) is 4.08. The van der Waals surface area contributed by atoms with Crippen molar-refractivity contribution in [1.29, 1.82) is 0 Å². The fourth-order valence-electron chi connectivity index (χ4n) is 3.74. The van der Waals surface area contributed by atoms with E-state index in [9.17, 15) is 14.7 Å². The van der Waals surface area contributed by atoms with Crippen LogP contribution in [0.5, 0.6) is 0 Å². The van der Waals surface area contributed by atoms with Gasteiger partial charge in [-0.3, -0.25) is 10.1 Å². The second kappa shape index (κ2) is 8.56. The lowest BCUT2D eigenvalue weighted by Crippen LogP contribution is -2.62. The Labute approximate surface area is 149 Å². The minimum Gasteiger partial charge on any atom is -0.480 e. The number of Topliss-reactive ketones (excluding diaryl/α,β-unsaturated/α-hetero) is 1. The molecule has 1 aliphatic heterocycles. The van der Waals surface area contributed by atoms with Gasteiger partial charge < -0.3 is 15.2 Å². The molecule has 4 atom stereocenters. The molecule has 0 aliphatic carbocycles. The maximum atomic E-state index is 13.2. The molecule has 6 heteroatoms. The van der Waals surface area contributed by atoms with Gasteiger partial charge in [0.05, 0.1) is 6.10 Å². The number of carbonyl (C=O) groups is 2. The average Bonchev–Trinajstić information content (AvgIpc) is 3.14. The number of ether oxygens (including phenoxy) is 1. The van der Waals surface area contributed by atoms with Gasteiger partial charge in [0, 0.05) is 25.5 Å². The first kappa shape index (κ1) is 19.6. The van der Waals surface area contributed by atoms with Crippen LogP contribution in [0, 0.1) is 5.92 Å². The highest BCUT2D eigenvalue weighted by Gasteiger charge is 2.49. The molecule has 1 heterocycles. The maximum absolute atomic E-state index is 13.2. The number of hydrogen-bond donors (Lipinski definition) is 3. The number of hydrogen-bond acceptors (Lipinski definition) is 5. The normalized spacial score (nSPS) is 22.1. The fourth-order valence-corrected chi connectivity index (χ4v) is 3.74. The van der Waals surface area contributed by atoms with Crippen LogP contribution in [0.2, 0.25) is 0 Å². The first-order chi connectivity index (χ1) is 12.0. The van der Waals surface area contributed by atoms with E-state index in [4.69, 9.17) is 4.74 Å². The van der Waals surface area contributed by atoms with Crippen molar-refractivity contribution in [2.45, 2.75) is 43.9 Å². The number of likely N-dealkylation sites (N-methyl/N-ethyl adjacent to an activating group) is 1. The van der Waals surface area contributed by atoms with E-state index in [0.717, 1.165) is 24.9 Å². The van der Waals surface area contributed by atoms with Crippen molar-refractivity contribution in [3.05, 3.63) is 35.9 Å². The molecule has 1 fully saturated rings. The number of aliphatic carboxylic acids is 1. The van der Waals surface area contributed by atoms with Crippen LogP contribution >= 0.6 is 0 Å². The first-order valence-electron chi connectivity index (χ1n) is 8.73. The van der Waals surface area contributed by atoms with E-state index >= 15 is 0 Å². The van der Waals surface area contributed by atoms with E-state index in [1.54, 1.807) is 14.0 Å². The number of rotatable bonds is 9. The average molecular weight is 348 g/mol. The molecule has 3 N–H and O–H groups in total. The topological polar surface area (TPSA) is 87.7 Å². The summed E-state index contributed by atoms with van der Waals surface area (Å²) in [6.45, 7) is 2.65. The van der Waals surface area contributed by atoms with Gasteiger partial charge in [-0.15, -0.1) is 0 Å². The van der Waals surface area contributed by atoms with E-state index in [1.165, 1.54) is 7.05 Å². The zero-order valence-electron chi connectivity index (χ0n) is 15.1. The number of methoxy groups -OCH3 is 1. The smallest absolute Gasteiger partial charge is 0.332 e. The lowest BCUT2D eigenvalue weighted by molar-refractivity contribution is -0.153. The van der Waals surface area contributed by atoms with Gasteiger partial charge in [0.2, 0.25) is 0 Å². The minimum absolute atomic E-state index is 0.0732. The standard InChI is InChI=1S/C19H28N2O4/c1-13(16(25-3)15-10-7-11-21-15)17(22)19(20-2,18(23)24)12-14-8-5-4-6-9-14/h4-6,8-9,13,15-16,20-21H,7,10-12H2,1-3H3,(H,23,24)/t13-,15+,16-,19-/m1/s1. The summed E-state index contributed by atoms with van der Waals surface area (Å²) in [5.41, 5.74) is -0.872. The van der Waals surface area contributed by atoms with Crippen LogP contribution in [-0.4, -0.2) is 55.2 Å². The molecule has 0 amide bonds. The van der Waals surface area contributed by atoms with E-state index < -0.39 is 17.4 Å². The molecule has 6 nitrogen and oxygen atoms in total. The molecule has 0 unspecified atom stereocenters. The maximum Gasteiger partial charge on any atom is 0.332 e. The van der Waals surface area contributed by atoms with Crippen molar-refractivity contribution in [2.75, 3.05) is 20.7 Å². The summed E-state index contributed by atoms with van der Waals surface area (Å²) in [5.74, 6) is -2.07. The molecule has 0 bridgehead atoms. The van der Waals surface area contributed by atoms with Gasteiger partial charge >= 0.3 is 5.97 Å². The van der Waals surface area contributed by atoms with Gasteiger partial charge in [0.1, 0.15) is 0 Å². The van der Waals surface area contributed by atoms with Crippen molar-refractivity contribution in [3.63, 3.8) is 0 Å². The van der Waals surface area contributed by atoms with Crippen molar-refractivity contribution < 1.29 is 19.4 Å². The zero-order chi connectivity index (χ0) is 18.4. The third-order valence-corrected chi connectivity index (χ3v) is 5.20. The Balaban J connectivity index is 2.29. The number of carboxylic acids is 1. The van der Waals surface area contributed by atoms with Gasteiger partial charge in [-0.2, -0.15) is 0 Å². The van der Waals surface area contributed by atoms with E-state index in [-0.39, 0.29) is 24.3 Å². The van der Waals surface area contributed by atoms with Gasteiger partial charge in [-0.05, 0) is 32.0 Å². The predicted molar refractivity (Wildman–Crippen MR) is 95.6 cm³/mol. The molecular formula is C19H28N2O4. The molecule has 0 aromatic heterocycles. The summed E-state index contributed by atoms with van der Waals surface area (Å²) >= 11 is 0. The van der Waals surface area contributed by atoms with Gasteiger partial charge in [0.15, 0.2) is 11.3 Å². The fraction of sp³-hybridized carbons (Fsp3) is 0.579. The predicted octanol–water partition coefficient (Wildman–Crippen LogP) is 1.24. The molecule has 1 aromatic carbocycles. The van der Waals surface area contributed by atoms with E-state index in [2.05, 4.69) is 10.6 Å². The monoisotopic (exact) mass is 348 g/mol. The molecule has 138 valence electrons. The Morgan fingerprint density at radius 1 is 1.40 bits per heavy atom. The SMILES string of the molecule is CN[C@@](Cc1ccccc1)(C(=O)O)C(=O)[C@H](C)[C@@H](OC)[C@@H]1CCCN1. The highest BCUT2D eigenvalue weighted by molar-refractivity contribution is 6.09. The van der Waals surface area contributed by atoms with E-state index in [1.807, 2.05) is 30.3 Å². The second-order valence-electron chi connectivity index (χ2n) is 6.68. The summed E-state index contributed by atoms with van der Waals surface area (Å²) in [6.07, 6.45) is 1.70. The summed E-state index contributed by atoms with van der Waals surface area (Å²) in [6, 6.07) is 9.28. The van der Waals surface area contributed by atoms with Gasteiger partial charge in [-0.1, -0.05) is 37.3 Å². The zero-order valence-corrected chi connectivity index (χ0v) is 15.1. The van der Waals surface area contributed by atoms with Crippen LogP contribution in [0.1, 0.15) is 25.3 Å². The molecule has 1 aromatic rings. The molecule has 0 saturated carbocycles. The first-order valence-corrected chi connectivity index (χ1v) is 8.73. The number of carbonyl (C=O) groups excluding carboxylic acids is 1. The summed E-state index contributed by atoms with van der Waals surface area (Å²) in [7, 11) is 3.10. The summed E-state index contributed by atoms with van der Waals surface area (Å²) in [5, 5.41) is 16.0. The second-order valence-corrected chi connectivity index (χ2v) is 6.68. The van der Waals surface area contributed by atoms with Crippen LogP contribution in [0.15, 0.2) is 30.3 Å². The van der Waals surface area contributed by atoms with Gasteiger partial charge in [0.25, 0.3) is 0 Å². The molecular weight excluding hydrogens is 320 g/mol. The largest absolute Gasteiger partial charge is 0.480 e. The molecule has 25 heavy (non-hydrogen) atoms.